The van der Waals surface area contributed by atoms with Crippen LogP contribution >= 0.6 is 0 Å². The highest BCUT2D eigenvalue weighted by atomic mass is 15.2. The number of unbranched alkanes of at least 4 members (excludes halogenated alkanes) is 3. The van der Waals surface area contributed by atoms with Gasteiger partial charge in [0.2, 0.25) is 0 Å². The molecule has 0 unspecified atom stereocenters. The maximum Gasteiger partial charge on any atom is 0.189 e. The molecule has 2 fully saturated rings. The van der Waals surface area contributed by atoms with Gasteiger partial charge in [-0.1, -0.05) is 52.4 Å². The van der Waals surface area contributed by atoms with E-state index in [-0.39, 0.29) is 0 Å². The number of hydrogen-bond donors (Lipinski definition) is 2. The first kappa shape index (κ1) is 16.1. The number of nitrogens with zero attached hydrogens (tertiary/aromatic N) is 1. The summed E-state index contributed by atoms with van der Waals surface area (Å²) in [4.78, 5) is 4.94. The van der Waals surface area contributed by atoms with Crippen molar-refractivity contribution < 1.29 is 0 Å². The molecular formula is C19H35N3. The Morgan fingerprint density at radius 3 is 2.73 bits per heavy atom. The van der Waals surface area contributed by atoms with Crippen molar-refractivity contribution >= 4 is 5.96 Å². The predicted octanol–water partition coefficient (Wildman–Crippen LogP) is 4.07. The van der Waals surface area contributed by atoms with E-state index in [2.05, 4.69) is 19.2 Å². The van der Waals surface area contributed by atoms with Crippen molar-refractivity contribution in [3.05, 3.63) is 0 Å². The van der Waals surface area contributed by atoms with Crippen LogP contribution in [0.2, 0.25) is 0 Å². The van der Waals surface area contributed by atoms with Crippen LogP contribution in [-0.4, -0.2) is 18.0 Å². The van der Waals surface area contributed by atoms with Gasteiger partial charge in [-0.05, 0) is 43.4 Å². The zero-order valence-corrected chi connectivity index (χ0v) is 14.6. The van der Waals surface area contributed by atoms with E-state index in [1.807, 2.05) is 0 Å². The molecule has 6 atom stereocenters. The second kappa shape index (κ2) is 7.23. The van der Waals surface area contributed by atoms with Crippen LogP contribution in [0.4, 0.5) is 0 Å². The number of aliphatic imine (C=N–C) groups is 1. The molecule has 2 aliphatic carbocycles. The molecule has 0 amide bonds. The Morgan fingerprint density at radius 2 is 1.95 bits per heavy atom. The summed E-state index contributed by atoms with van der Waals surface area (Å²) in [5, 5.41) is 3.48. The Balaban J connectivity index is 1.74. The lowest BCUT2D eigenvalue weighted by Crippen LogP contribution is -2.56. The molecule has 0 saturated heterocycles. The number of hydrogen-bond acceptors (Lipinski definition) is 3. The number of nitrogens with two attached hydrogens (primary N) is 1. The van der Waals surface area contributed by atoms with Crippen molar-refractivity contribution in [1.82, 2.24) is 5.32 Å². The fraction of sp³-hybridized carbons (Fsp3) is 0.947. The maximum absolute atomic E-state index is 6.12. The van der Waals surface area contributed by atoms with E-state index in [9.17, 15) is 0 Å². The van der Waals surface area contributed by atoms with Crippen LogP contribution in [0.15, 0.2) is 4.99 Å². The lowest BCUT2D eigenvalue weighted by atomic mass is 9.63. The molecule has 3 aliphatic rings. The van der Waals surface area contributed by atoms with Gasteiger partial charge in [-0.15, -0.1) is 0 Å². The SMILES string of the molecule is CCCCCC[C@H]1[C@H](CCC)C[C@@H]2CC[C@@H]3NC(N)=N[C@H]1[C@H]23. The molecule has 3 nitrogen and oxygen atoms in total. The highest BCUT2D eigenvalue weighted by Crippen LogP contribution is 2.51. The average Bonchev–Trinajstić information content (AvgIpc) is 2.89. The van der Waals surface area contributed by atoms with Crippen molar-refractivity contribution in [2.75, 3.05) is 0 Å². The third kappa shape index (κ3) is 3.14. The number of nitrogens with one attached hydrogen (secondary N) is 1. The van der Waals surface area contributed by atoms with Gasteiger partial charge in [-0.25, -0.2) is 4.99 Å². The molecular weight excluding hydrogens is 270 g/mol. The second-order valence-corrected chi connectivity index (χ2v) is 7.97. The largest absolute Gasteiger partial charge is 0.370 e. The number of guanidine groups is 1. The van der Waals surface area contributed by atoms with Crippen molar-refractivity contribution in [2.24, 2.45) is 34.4 Å². The first-order chi connectivity index (χ1) is 10.7. The molecule has 22 heavy (non-hydrogen) atoms. The van der Waals surface area contributed by atoms with E-state index < -0.39 is 0 Å². The fourth-order valence-corrected chi connectivity index (χ4v) is 5.68. The van der Waals surface area contributed by atoms with Gasteiger partial charge in [0, 0.05) is 12.0 Å². The highest BCUT2D eigenvalue weighted by Gasteiger charge is 2.51. The summed E-state index contributed by atoms with van der Waals surface area (Å²) in [5.74, 6) is 4.09. The minimum Gasteiger partial charge on any atom is -0.370 e. The molecule has 0 bridgehead atoms. The van der Waals surface area contributed by atoms with Crippen LogP contribution in [0, 0.1) is 23.7 Å². The smallest absolute Gasteiger partial charge is 0.189 e. The van der Waals surface area contributed by atoms with Gasteiger partial charge < -0.3 is 11.1 Å². The second-order valence-electron chi connectivity index (χ2n) is 7.97. The molecule has 126 valence electrons. The minimum atomic E-state index is 0.519. The molecule has 3 heteroatoms. The zero-order chi connectivity index (χ0) is 15.5. The van der Waals surface area contributed by atoms with E-state index in [0.29, 0.717) is 12.1 Å². The molecule has 3 rings (SSSR count). The summed E-state index contributed by atoms with van der Waals surface area (Å²) >= 11 is 0. The average molecular weight is 306 g/mol. The maximum atomic E-state index is 6.12. The third-order valence-corrected chi connectivity index (χ3v) is 6.57. The zero-order valence-electron chi connectivity index (χ0n) is 14.6. The summed E-state index contributed by atoms with van der Waals surface area (Å²) < 4.78 is 0. The van der Waals surface area contributed by atoms with E-state index in [1.54, 1.807) is 0 Å². The summed E-state index contributed by atoms with van der Waals surface area (Å²) in [5.41, 5.74) is 6.12. The van der Waals surface area contributed by atoms with Crippen molar-refractivity contribution in [2.45, 2.75) is 90.1 Å². The van der Waals surface area contributed by atoms with Gasteiger partial charge in [0.1, 0.15) is 0 Å². The Bertz CT molecular complexity index is 392. The van der Waals surface area contributed by atoms with Crippen LogP contribution < -0.4 is 11.1 Å². The van der Waals surface area contributed by atoms with Gasteiger partial charge in [0.25, 0.3) is 0 Å². The summed E-state index contributed by atoms with van der Waals surface area (Å²) in [6, 6.07) is 1.14. The topological polar surface area (TPSA) is 50.4 Å². The van der Waals surface area contributed by atoms with Crippen LogP contribution in [0.1, 0.15) is 78.1 Å². The van der Waals surface area contributed by atoms with Crippen LogP contribution in [0.5, 0.6) is 0 Å². The highest BCUT2D eigenvalue weighted by molar-refractivity contribution is 5.79. The molecule has 2 saturated carbocycles. The monoisotopic (exact) mass is 305 g/mol. The predicted molar refractivity (Wildman–Crippen MR) is 93.8 cm³/mol. The van der Waals surface area contributed by atoms with E-state index >= 15 is 0 Å². The number of rotatable bonds is 7. The van der Waals surface area contributed by atoms with Gasteiger partial charge >= 0.3 is 0 Å². The summed E-state index contributed by atoms with van der Waals surface area (Å²) in [7, 11) is 0. The Kier molecular flexibility index (Phi) is 5.30. The van der Waals surface area contributed by atoms with Gasteiger partial charge in [0.15, 0.2) is 5.96 Å². The quantitative estimate of drug-likeness (QED) is 0.696. The first-order valence-corrected chi connectivity index (χ1v) is 9.84. The van der Waals surface area contributed by atoms with Crippen LogP contribution in [-0.2, 0) is 0 Å². The first-order valence-electron chi connectivity index (χ1n) is 9.84. The Labute approximate surface area is 136 Å². The normalized spacial score (nSPS) is 40.0. The molecule has 0 aromatic rings. The molecule has 0 aromatic carbocycles. The minimum absolute atomic E-state index is 0.519. The molecule has 0 radical (unpaired) electrons. The molecule has 1 heterocycles. The van der Waals surface area contributed by atoms with E-state index in [1.165, 1.54) is 64.2 Å². The van der Waals surface area contributed by atoms with E-state index in [4.69, 9.17) is 10.7 Å². The van der Waals surface area contributed by atoms with Crippen LogP contribution in [0.3, 0.4) is 0 Å². The van der Waals surface area contributed by atoms with Crippen molar-refractivity contribution in [1.29, 1.82) is 0 Å². The Hall–Kier alpha value is -0.730. The van der Waals surface area contributed by atoms with Gasteiger partial charge in [-0.2, -0.15) is 0 Å². The van der Waals surface area contributed by atoms with Crippen LogP contribution in [0.25, 0.3) is 0 Å². The van der Waals surface area contributed by atoms with Gasteiger partial charge in [0.05, 0.1) is 6.04 Å². The Morgan fingerprint density at radius 1 is 1.09 bits per heavy atom. The van der Waals surface area contributed by atoms with Crippen molar-refractivity contribution in [3.63, 3.8) is 0 Å². The summed E-state index contributed by atoms with van der Waals surface area (Å²) in [6.45, 7) is 4.64. The molecule has 0 aromatic heterocycles. The molecule has 3 N–H and O–H groups in total. The lowest BCUT2D eigenvalue weighted by molar-refractivity contribution is 0.0749. The summed E-state index contributed by atoms with van der Waals surface area (Å²) in [6.07, 6.45) is 13.8. The third-order valence-electron chi connectivity index (χ3n) is 6.57. The molecule has 1 aliphatic heterocycles. The van der Waals surface area contributed by atoms with E-state index in [0.717, 1.165) is 29.6 Å². The fourth-order valence-electron chi connectivity index (χ4n) is 5.68. The standard InChI is InChI=1S/C19H35N3/c1-3-5-6-7-9-15-13(8-4-2)12-14-10-11-16-17(14)18(15)22-19(20)21-16/h13-18H,3-12H2,1-2H3,(H3,20,21,22)/t13-,14+,15+,16+,17-,18-/m1/s1. The van der Waals surface area contributed by atoms with Crippen molar-refractivity contribution in [3.8, 4) is 0 Å². The van der Waals surface area contributed by atoms with Gasteiger partial charge in [-0.3, -0.25) is 0 Å². The molecule has 0 spiro atoms. The lowest BCUT2D eigenvalue weighted by Gasteiger charge is -2.47.